The highest BCUT2D eigenvalue weighted by Gasteiger charge is 2.16. The van der Waals surface area contributed by atoms with E-state index in [-0.39, 0.29) is 5.91 Å². The quantitative estimate of drug-likeness (QED) is 0.875. The largest absolute Gasteiger partial charge is 0.327 e. The third-order valence-corrected chi connectivity index (χ3v) is 3.79. The van der Waals surface area contributed by atoms with Gasteiger partial charge < -0.3 is 5.32 Å². The minimum absolute atomic E-state index is 0.107. The van der Waals surface area contributed by atoms with Gasteiger partial charge in [-0.1, -0.05) is 49.1 Å². The van der Waals surface area contributed by atoms with Crippen molar-refractivity contribution in [2.24, 2.45) is 5.92 Å². The number of hydrogen-bond acceptors (Lipinski definition) is 1. The van der Waals surface area contributed by atoms with E-state index in [0.717, 1.165) is 17.9 Å². The Hall–Kier alpha value is -1.28. The van der Waals surface area contributed by atoms with Gasteiger partial charge in [-0.15, -0.1) is 0 Å². The van der Waals surface area contributed by atoms with E-state index in [1.54, 1.807) is 18.3 Å². The molecule has 2 nitrogen and oxygen atoms in total. The van der Waals surface area contributed by atoms with Crippen molar-refractivity contribution in [2.45, 2.75) is 32.1 Å². The molecule has 0 aliphatic heterocycles. The van der Waals surface area contributed by atoms with Gasteiger partial charge >= 0.3 is 0 Å². The first kappa shape index (κ1) is 13.2. The summed E-state index contributed by atoms with van der Waals surface area (Å²) in [7, 11) is 0. The van der Waals surface area contributed by atoms with E-state index in [1.165, 1.54) is 19.3 Å². The number of allylic oxidation sites excluding steroid dienone is 1. The molecule has 1 aliphatic rings. The van der Waals surface area contributed by atoms with Crippen LogP contribution in [-0.2, 0) is 0 Å². The van der Waals surface area contributed by atoms with Crippen molar-refractivity contribution in [3.05, 3.63) is 47.1 Å². The number of nitrogens with one attached hydrogen (secondary N) is 1. The van der Waals surface area contributed by atoms with Crippen molar-refractivity contribution in [3.8, 4) is 0 Å². The van der Waals surface area contributed by atoms with Crippen LogP contribution in [0.5, 0.6) is 0 Å². The first-order chi connectivity index (χ1) is 8.77. The standard InChI is InChI=1S/C15H18ClNO/c16-14(12-7-3-1-4-8-12)11-17-15(18)13-9-5-2-6-10-13/h2,5-6,9-12H,1,3-4,7-8H2,(H,17,18)/b14-11-. The van der Waals surface area contributed by atoms with Crippen molar-refractivity contribution in [2.75, 3.05) is 0 Å². The molecule has 0 unspecified atom stereocenters. The van der Waals surface area contributed by atoms with E-state index in [1.807, 2.05) is 18.2 Å². The van der Waals surface area contributed by atoms with Gasteiger partial charge in [0.05, 0.1) is 0 Å². The minimum atomic E-state index is -0.107. The first-order valence-corrected chi connectivity index (χ1v) is 6.86. The summed E-state index contributed by atoms with van der Waals surface area (Å²) < 4.78 is 0. The number of hydrogen-bond donors (Lipinski definition) is 1. The molecule has 0 atom stereocenters. The topological polar surface area (TPSA) is 29.1 Å². The maximum atomic E-state index is 11.8. The molecule has 0 saturated heterocycles. The summed E-state index contributed by atoms with van der Waals surface area (Å²) in [6.45, 7) is 0. The first-order valence-electron chi connectivity index (χ1n) is 6.49. The summed E-state index contributed by atoms with van der Waals surface area (Å²) in [5.74, 6) is 0.320. The number of carbonyl (C=O) groups is 1. The van der Waals surface area contributed by atoms with E-state index in [4.69, 9.17) is 11.6 Å². The summed E-state index contributed by atoms with van der Waals surface area (Å²) in [6.07, 6.45) is 7.71. The lowest BCUT2D eigenvalue weighted by atomic mass is 9.89. The van der Waals surface area contributed by atoms with Crippen LogP contribution in [0.2, 0.25) is 0 Å². The van der Waals surface area contributed by atoms with Gasteiger partial charge in [-0.3, -0.25) is 4.79 Å². The molecule has 1 amide bonds. The number of carbonyl (C=O) groups excluding carboxylic acids is 1. The smallest absolute Gasteiger partial charge is 0.255 e. The van der Waals surface area contributed by atoms with E-state index in [9.17, 15) is 4.79 Å². The summed E-state index contributed by atoms with van der Waals surface area (Å²) >= 11 is 6.24. The fraction of sp³-hybridized carbons (Fsp3) is 0.400. The normalized spacial score (nSPS) is 17.5. The summed E-state index contributed by atoms with van der Waals surface area (Å²) in [4.78, 5) is 11.8. The zero-order chi connectivity index (χ0) is 12.8. The second-order valence-electron chi connectivity index (χ2n) is 4.70. The molecule has 1 saturated carbocycles. The van der Waals surface area contributed by atoms with Gasteiger partial charge in [0.2, 0.25) is 0 Å². The summed E-state index contributed by atoms with van der Waals surface area (Å²) in [5, 5.41) is 3.54. The lowest BCUT2D eigenvalue weighted by Crippen LogP contribution is -2.18. The zero-order valence-corrected chi connectivity index (χ0v) is 11.1. The predicted octanol–water partition coefficient (Wildman–Crippen LogP) is 4.08. The van der Waals surface area contributed by atoms with Crippen LogP contribution in [0.15, 0.2) is 41.6 Å². The second-order valence-corrected chi connectivity index (χ2v) is 5.14. The van der Waals surface area contributed by atoms with Crippen LogP contribution < -0.4 is 5.32 Å². The predicted molar refractivity (Wildman–Crippen MR) is 74.4 cm³/mol. The molecule has 3 heteroatoms. The number of amides is 1. The minimum Gasteiger partial charge on any atom is -0.327 e. The van der Waals surface area contributed by atoms with Gasteiger partial charge in [-0.05, 0) is 30.9 Å². The number of halogens is 1. The highest BCUT2D eigenvalue weighted by molar-refractivity contribution is 6.29. The average Bonchev–Trinajstić information content (AvgIpc) is 2.46. The van der Waals surface area contributed by atoms with Crippen LogP contribution in [0.25, 0.3) is 0 Å². The average molecular weight is 264 g/mol. The Morgan fingerprint density at radius 3 is 2.50 bits per heavy atom. The molecule has 1 N–H and O–H groups in total. The lowest BCUT2D eigenvalue weighted by Gasteiger charge is -2.20. The Morgan fingerprint density at radius 2 is 1.83 bits per heavy atom. The lowest BCUT2D eigenvalue weighted by molar-refractivity contribution is 0.0969. The van der Waals surface area contributed by atoms with Gasteiger partial charge in [0.1, 0.15) is 0 Å². The van der Waals surface area contributed by atoms with Crippen LogP contribution in [0, 0.1) is 5.92 Å². The Morgan fingerprint density at radius 1 is 1.17 bits per heavy atom. The maximum Gasteiger partial charge on any atom is 0.255 e. The van der Waals surface area contributed by atoms with E-state index in [2.05, 4.69) is 5.32 Å². The Bertz CT molecular complexity index is 421. The van der Waals surface area contributed by atoms with Crippen molar-refractivity contribution in [1.82, 2.24) is 5.32 Å². The van der Waals surface area contributed by atoms with Crippen LogP contribution in [0.3, 0.4) is 0 Å². The van der Waals surface area contributed by atoms with Gasteiger partial charge in [0.15, 0.2) is 0 Å². The van der Waals surface area contributed by atoms with Crippen molar-refractivity contribution in [1.29, 1.82) is 0 Å². The number of benzene rings is 1. The van der Waals surface area contributed by atoms with Gasteiger partial charge in [-0.25, -0.2) is 0 Å². The molecule has 96 valence electrons. The molecule has 0 bridgehead atoms. The maximum absolute atomic E-state index is 11.8. The van der Waals surface area contributed by atoms with Gasteiger partial charge in [0.25, 0.3) is 5.91 Å². The second kappa shape index (κ2) is 6.60. The molecule has 1 fully saturated rings. The van der Waals surface area contributed by atoms with Crippen molar-refractivity contribution in [3.63, 3.8) is 0 Å². The van der Waals surface area contributed by atoms with Crippen LogP contribution >= 0.6 is 11.6 Å². The summed E-state index contributed by atoms with van der Waals surface area (Å²) in [5.41, 5.74) is 0.655. The molecular formula is C15H18ClNO. The summed E-state index contributed by atoms with van der Waals surface area (Å²) in [6, 6.07) is 9.17. The van der Waals surface area contributed by atoms with Crippen LogP contribution in [0.4, 0.5) is 0 Å². The van der Waals surface area contributed by atoms with Gasteiger partial charge in [0, 0.05) is 16.8 Å². The number of rotatable bonds is 3. The molecular weight excluding hydrogens is 246 g/mol. The molecule has 18 heavy (non-hydrogen) atoms. The molecule has 0 radical (unpaired) electrons. The van der Waals surface area contributed by atoms with E-state index < -0.39 is 0 Å². The van der Waals surface area contributed by atoms with Crippen molar-refractivity contribution < 1.29 is 4.79 Å². The Balaban J connectivity index is 1.91. The zero-order valence-electron chi connectivity index (χ0n) is 10.4. The highest BCUT2D eigenvalue weighted by Crippen LogP contribution is 2.31. The van der Waals surface area contributed by atoms with Crippen LogP contribution in [-0.4, -0.2) is 5.91 Å². The molecule has 1 aromatic carbocycles. The fourth-order valence-electron chi connectivity index (χ4n) is 2.30. The molecule has 1 aliphatic carbocycles. The van der Waals surface area contributed by atoms with E-state index >= 15 is 0 Å². The third kappa shape index (κ3) is 3.61. The molecule has 0 aromatic heterocycles. The van der Waals surface area contributed by atoms with E-state index in [0.29, 0.717) is 11.5 Å². The highest BCUT2D eigenvalue weighted by atomic mass is 35.5. The van der Waals surface area contributed by atoms with Crippen molar-refractivity contribution >= 4 is 17.5 Å². The molecule has 2 rings (SSSR count). The Labute approximate surface area is 113 Å². The Kier molecular flexibility index (Phi) is 4.82. The molecule has 0 heterocycles. The monoisotopic (exact) mass is 263 g/mol. The molecule has 1 aromatic rings. The third-order valence-electron chi connectivity index (χ3n) is 3.37. The molecule has 0 spiro atoms. The van der Waals surface area contributed by atoms with Gasteiger partial charge in [-0.2, -0.15) is 0 Å². The fourth-order valence-corrected chi connectivity index (χ4v) is 2.58. The van der Waals surface area contributed by atoms with Crippen LogP contribution in [0.1, 0.15) is 42.5 Å². The SMILES string of the molecule is O=C(N/C=C(\Cl)C1CCCCC1)c1ccccc1.